The molecule has 0 radical (unpaired) electrons. The molecule has 6 aromatic rings. The third kappa shape index (κ3) is 14.9. The van der Waals surface area contributed by atoms with E-state index in [1.807, 2.05) is 37.3 Å². The van der Waals surface area contributed by atoms with Gasteiger partial charge in [0.05, 0.1) is 37.6 Å². The van der Waals surface area contributed by atoms with Crippen LogP contribution < -0.4 is 23.7 Å². The van der Waals surface area contributed by atoms with E-state index in [0.29, 0.717) is 85.4 Å². The van der Waals surface area contributed by atoms with Gasteiger partial charge in [-0.25, -0.2) is 24.0 Å². The minimum atomic E-state index is -0.619. The second kappa shape index (κ2) is 25.8. The number of fused-ring (bicyclic) bond motifs is 2. The molecule has 0 saturated carbocycles. The first kappa shape index (κ1) is 49.7. The Morgan fingerprint density at radius 1 is 0.456 bits per heavy atom. The maximum absolute atomic E-state index is 14.0. The van der Waals surface area contributed by atoms with Gasteiger partial charge in [0.1, 0.15) is 34.3 Å². The Labute approximate surface area is 396 Å². The molecule has 352 valence electrons. The summed E-state index contributed by atoms with van der Waals surface area (Å²) in [5.41, 5.74) is 1.70. The number of esters is 5. The van der Waals surface area contributed by atoms with Crippen LogP contribution in [0.15, 0.2) is 141 Å². The lowest BCUT2D eigenvalue weighted by Gasteiger charge is -2.15. The van der Waals surface area contributed by atoms with Crippen LogP contribution in [0.25, 0.3) is 21.5 Å². The van der Waals surface area contributed by atoms with Gasteiger partial charge in [-0.15, -0.1) is 0 Å². The minimum absolute atomic E-state index is 0.242. The molecule has 0 unspecified atom stereocenters. The van der Waals surface area contributed by atoms with E-state index in [1.54, 1.807) is 84.9 Å². The van der Waals surface area contributed by atoms with Crippen molar-refractivity contribution in [2.75, 3.05) is 26.4 Å². The number of ether oxygens (including phenoxy) is 7. The van der Waals surface area contributed by atoms with Crippen LogP contribution >= 0.6 is 0 Å². The molecule has 12 heteroatoms. The second-order valence-corrected chi connectivity index (χ2v) is 15.9. The van der Waals surface area contributed by atoms with Crippen LogP contribution in [0.1, 0.15) is 101 Å². The number of aryl methyl sites for hydroxylation is 1. The summed E-state index contributed by atoms with van der Waals surface area (Å²) in [7, 11) is 0. The normalized spacial score (nSPS) is 10.8. The van der Waals surface area contributed by atoms with Gasteiger partial charge in [0.2, 0.25) is 0 Å². The molecular formula is C56H56O12. The largest absolute Gasteiger partial charge is 0.494 e. The fourth-order valence-corrected chi connectivity index (χ4v) is 7.23. The van der Waals surface area contributed by atoms with Gasteiger partial charge in [0.25, 0.3) is 0 Å². The van der Waals surface area contributed by atoms with E-state index >= 15 is 0 Å². The summed E-state index contributed by atoms with van der Waals surface area (Å²) in [6.45, 7) is 10.3. The third-order valence-corrected chi connectivity index (χ3v) is 10.8. The lowest BCUT2D eigenvalue weighted by atomic mass is 10.0. The van der Waals surface area contributed by atoms with Crippen molar-refractivity contribution in [2.45, 2.75) is 71.1 Å². The lowest BCUT2D eigenvalue weighted by Crippen LogP contribution is -2.13. The number of carbonyl (C=O) groups excluding carboxylic acids is 5. The minimum Gasteiger partial charge on any atom is -0.494 e. The molecular weight excluding hydrogens is 865 g/mol. The fourth-order valence-electron chi connectivity index (χ4n) is 7.23. The molecule has 0 N–H and O–H groups in total. The predicted octanol–water partition coefficient (Wildman–Crippen LogP) is 11.9. The molecule has 6 aromatic carbocycles. The highest BCUT2D eigenvalue weighted by Gasteiger charge is 2.20. The van der Waals surface area contributed by atoms with Gasteiger partial charge in [-0.2, -0.15) is 0 Å². The number of rotatable bonds is 26. The molecule has 0 aliphatic rings. The molecule has 0 fully saturated rings. The van der Waals surface area contributed by atoms with Crippen molar-refractivity contribution in [1.82, 2.24) is 0 Å². The zero-order valence-corrected chi connectivity index (χ0v) is 38.3. The van der Waals surface area contributed by atoms with Crippen molar-refractivity contribution in [1.29, 1.82) is 0 Å². The van der Waals surface area contributed by atoms with Gasteiger partial charge in [-0.05, 0) is 164 Å². The smallest absolute Gasteiger partial charge is 0.347 e. The summed E-state index contributed by atoms with van der Waals surface area (Å²) in [5, 5.41) is 3.14. The fraction of sp³-hybridized carbons (Fsp3) is 0.268. The molecule has 68 heavy (non-hydrogen) atoms. The van der Waals surface area contributed by atoms with E-state index in [1.165, 1.54) is 0 Å². The Kier molecular flexibility index (Phi) is 18.9. The Bertz CT molecular complexity index is 2720. The molecule has 6 rings (SSSR count). The Morgan fingerprint density at radius 3 is 1.68 bits per heavy atom. The maximum atomic E-state index is 14.0. The van der Waals surface area contributed by atoms with Crippen molar-refractivity contribution < 1.29 is 57.1 Å². The summed E-state index contributed by atoms with van der Waals surface area (Å²) in [4.78, 5) is 62.6. The third-order valence-electron chi connectivity index (χ3n) is 10.8. The summed E-state index contributed by atoms with van der Waals surface area (Å²) in [6, 6.07) is 33.2. The van der Waals surface area contributed by atoms with Crippen LogP contribution in [0.2, 0.25) is 0 Å². The van der Waals surface area contributed by atoms with Gasteiger partial charge in [0.15, 0.2) is 0 Å². The van der Waals surface area contributed by atoms with Gasteiger partial charge in [-0.1, -0.05) is 62.9 Å². The molecule has 0 heterocycles. The van der Waals surface area contributed by atoms with Crippen molar-refractivity contribution in [3.63, 3.8) is 0 Å². The topological polar surface area (TPSA) is 150 Å². The number of hydrogen-bond acceptors (Lipinski definition) is 12. The van der Waals surface area contributed by atoms with E-state index in [0.717, 1.165) is 78.6 Å². The molecule has 0 aliphatic heterocycles. The zero-order chi connectivity index (χ0) is 48.1. The van der Waals surface area contributed by atoms with Crippen molar-refractivity contribution in [3.8, 4) is 28.7 Å². The lowest BCUT2D eigenvalue weighted by molar-refractivity contribution is -0.138. The van der Waals surface area contributed by atoms with Gasteiger partial charge in [-0.3, -0.25) is 0 Å². The van der Waals surface area contributed by atoms with Gasteiger partial charge < -0.3 is 33.2 Å². The molecule has 0 spiro atoms. The summed E-state index contributed by atoms with van der Waals surface area (Å²) in [5.74, 6) is -0.466. The van der Waals surface area contributed by atoms with Crippen LogP contribution in [0.3, 0.4) is 0 Å². The molecule has 0 atom stereocenters. The standard InChI is InChI=1S/C56H56O12/c1-4-18-43-35-48(27-28-50(43)68-55(60)44-22-21-41-34-47(26-24-40(41)33-44)66-54(59)39-19-12-11-13-20-39)67-56(61)49-37-42-23-25-46(62-29-14-7-9-16-31-64-52(57)5-2)36-45(42)38-51(49)63-30-15-8-10-17-32-65-53(58)6-3/h5-6,11-13,19-28,33-38H,2-4,7-10,14-18,29-32H2,1H3. The Hall–Kier alpha value is -7.73. The second-order valence-electron chi connectivity index (χ2n) is 15.9. The van der Waals surface area contributed by atoms with Gasteiger partial charge in [0, 0.05) is 12.2 Å². The van der Waals surface area contributed by atoms with Crippen LogP contribution in [-0.4, -0.2) is 56.3 Å². The van der Waals surface area contributed by atoms with Crippen molar-refractivity contribution in [2.24, 2.45) is 0 Å². The van der Waals surface area contributed by atoms with E-state index in [-0.39, 0.29) is 11.3 Å². The zero-order valence-electron chi connectivity index (χ0n) is 38.3. The van der Waals surface area contributed by atoms with E-state index in [9.17, 15) is 24.0 Å². The molecule has 0 bridgehead atoms. The first-order valence-corrected chi connectivity index (χ1v) is 22.9. The summed E-state index contributed by atoms with van der Waals surface area (Å²) in [6.07, 6.45) is 10.1. The average molecular weight is 921 g/mol. The quantitative estimate of drug-likeness (QED) is 0.0220. The van der Waals surface area contributed by atoms with Crippen molar-refractivity contribution >= 4 is 51.4 Å². The molecule has 12 nitrogen and oxygen atoms in total. The van der Waals surface area contributed by atoms with E-state index in [4.69, 9.17) is 33.2 Å². The monoisotopic (exact) mass is 920 g/mol. The highest BCUT2D eigenvalue weighted by atomic mass is 16.6. The first-order chi connectivity index (χ1) is 33.1. The first-order valence-electron chi connectivity index (χ1n) is 22.9. The summed E-state index contributed by atoms with van der Waals surface area (Å²) < 4.78 is 39.9. The van der Waals surface area contributed by atoms with Crippen LogP contribution in [0, 0.1) is 0 Å². The van der Waals surface area contributed by atoms with Crippen LogP contribution in [0.5, 0.6) is 28.7 Å². The van der Waals surface area contributed by atoms with Gasteiger partial charge >= 0.3 is 29.8 Å². The molecule has 0 aliphatic carbocycles. The predicted molar refractivity (Wildman–Crippen MR) is 260 cm³/mol. The van der Waals surface area contributed by atoms with Crippen LogP contribution in [-0.2, 0) is 25.5 Å². The van der Waals surface area contributed by atoms with E-state index in [2.05, 4.69) is 13.2 Å². The van der Waals surface area contributed by atoms with Crippen molar-refractivity contribution in [3.05, 3.63) is 163 Å². The molecule has 0 saturated heterocycles. The average Bonchev–Trinajstić information content (AvgIpc) is 3.35. The number of unbranched alkanes of at least 4 members (excludes halogenated alkanes) is 6. The number of hydrogen-bond donors (Lipinski definition) is 0. The van der Waals surface area contributed by atoms with E-state index < -0.39 is 29.8 Å². The van der Waals surface area contributed by atoms with Crippen LogP contribution in [0.4, 0.5) is 0 Å². The Morgan fingerprint density at radius 2 is 1.00 bits per heavy atom. The number of benzene rings is 6. The number of carbonyl (C=O) groups is 5. The maximum Gasteiger partial charge on any atom is 0.347 e. The summed E-state index contributed by atoms with van der Waals surface area (Å²) >= 11 is 0. The Balaban J connectivity index is 1.11. The SMILES string of the molecule is C=CC(=O)OCCCCCCOc1ccc2cc(C(=O)Oc3ccc(OC(=O)c4ccc5cc(OC(=O)c6ccccc6)ccc5c4)c(CCC)c3)c(OCCCCCCOC(=O)C=C)cc2c1. The highest BCUT2D eigenvalue weighted by Crippen LogP contribution is 2.33. The highest BCUT2D eigenvalue weighted by molar-refractivity contribution is 6.00. The molecule has 0 aromatic heterocycles. The molecule has 0 amide bonds.